The van der Waals surface area contributed by atoms with E-state index in [1.165, 1.54) is 11.1 Å². The summed E-state index contributed by atoms with van der Waals surface area (Å²) in [5, 5.41) is 9.71. The number of aryl methyl sites for hydroxylation is 1. The van der Waals surface area contributed by atoms with E-state index in [0.29, 0.717) is 22.6 Å². The van der Waals surface area contributed by atoms with Gasteiger partial charge in [-0.25, -0.2) is 14.8 Å². The summed E-state index contributed by atoms with van der Waals surface area (Å²) < 4.78 is 1.73. The van der Waals surface area contributed by atoms with Crippen molar-refractivity contribution in [3.05, 3.63) is 76.3 Å². The number of hydrogen-bond acceptors (Lipinski definition) is 4. The molecule has 6 nitrogen and oxygen atoms in total. The van der Waals surface area contributed by atoms with Gasteiger partial charge in [-0.15, -0.1) is 0 Å². The van der Waals surface area contributed by atoms with Crippen LogP contribution < -0.4 is 5.69 Å². The molecule has 0 radical (unpaired) electrons. The van der Waals surface area contributed by atoms with Crippen molar-refractivity contribution in [2.75, 3.05) is 0 Å². The van der Waals surface area contributed by atoms with Crippen molar-refractivity contribution in [2.45, 2.75) is 18.9 Å². The van der Waals surface area contributed by atoms with Crippen LogP contribution in [0.1, 0.15) is 23.6 Å². The van der Waals surface area contributed by atoms with Crippen molar-refractivity contribution in [3.63, 3.8) is 0 Å². The number of imidazole rings is 1. The van der Waals surface area contributed by atoms with E-state index in [1.54, 1.807) is 29.0 Å². The van der Waals surface area contributed by atoms with Crippen LogP contribution in [0.2, 0.25) is 0 Å². The van der Waals surface area contributed by atoms with Crippen LogP contribution in [0.4, 0.5) is 0 Å². The number of rotatable bonds is 2. The number of fused-ring (bicyclic) bond motifs is 2. The number of aromatic amines is 1. The molecule has 1 aliphatic carbocycles. The molecule has 0 spiro atoms. The number of phenolic OH excluding ortho intramolecular Hbond substituents is 1. The summed E-state index contributed by atoms with van der Waals surface area (Å²) in [6.07, 6.45) is 3.45. The molecule has 26 heavy (non-hydrogen) atoms. The van der Waals surface area contributed by atoms with Crippen LogP contribution in [0.25, 0.3) is 22.6 Å². The lowest BCUT2D eigenvalue weighted by atomic mass is 10.1. The Bertz CT molecular complexity index is 1190. The lowest BCUT2D eigenvalue weighted by Crippen LogP contribution is -2.22. The highest BCUT2D eigenvalue weighted by Gasteiger charge is 2.27. The smallest absolute Gasteiger partial charge is 0.328 e. The van der Waals surface area contributed by atoms with Gasteiger partial charge in [-0.05, 0) is 36.1 Å². The van der Waals surface area contributed by atoms with Gasteiger partial charge in [0.15, 0.2) is 11.5 Å². The van der Waals surface area contributed by atoms with Gasteiger partial charge < -0.3 is 10.1 Å². The van der Waals surface area contributed by atoms with Crippen molar-refractivity contribution in [2.24, 2.45) is 0 Å². The molecule has 1 atom stereocenters. The summed E-state index contributed by atoms with van der Waals surface area (Å²) in [5.41, 5.74) is 4.19. The number of H-pyrrole nitrogens is 1. The number of nitrogens with zero attached hydrogens (tertiary/aromatic N) is 3. The Morgan fingerprint density at radius 1 is 1.15 bits per heavy atom. The first-order valence-electron chi connectivity index (χ1n) is 8.55. The van der Waals surface area contributed by atoms with Gasteiger partial charge in [-0.1, -0.05) is 36.4 Å². The van der Waals surface area contributed by atoms with Gasteiger partial charge in [0, 0.05) is 5.56 Å². The zero-order chi connectivity index (χ0) is 17.7. The molecule has 1 unspecified atom stereocenters. The largest absolute Gasteiger partial charge is 0.508 e. The predicted molar refractivity (Wildman–Crippen MR) is 98.2 cm³/mol. The molecule has 0 saturated carbocycles. The lowest BCUT2D eigenvalue weighted by molar-refractivity contribution is 0.475. The van der Waals surface area contributed by atoms with E-state index >= 15 is 0 Å². The van der Waals surface area contributed by atoms with Gasteiger partial charge in [0.05, 0.1) is 12.2 Å². The Labute approximate surface area is 148 Å². The summed E-state index contributed by atoms with van der Waals surface area (Å²) >= 11 is 0. The molecule has 0 fully saturated rings. The number of nitrogens with one attached hydrogen (secondary N) is 1. The summed E-state index contributed by atoms with van der Waals surface area (Å²) in [5.74, 6) is 0.634. The molecule has 5 rings (SSSR count). The van der Waals surface area contributed by atoms with Crippen molar-refractivity contribution in [1.82, 2.24) is 19.5 Å². The lowest BCUT2D eigenvalue weighted by Gasteiger charge is -2.13. The molecule has 0 aliphatic heterocycles. The maximum Gasteiger partial charge on any atom is 0.328 e. The number of hydrogen-bond donors (Lipinski definition) is 2. The van der Waals surface area contributed by atoms with Gasteiger partial charge in [-0.3, -0.25) is 4.57 Å². The third-order valence-corrected chi connectivity index (χ3v) is 4.97. The first-order chi connectivity index (χ1) is 12.7. The minimum Gasteiger partial charge on any atom is -0.508 e. The Balaban J connectivity index is 1.70. The molecule has 4 aromatic rings. The van der Waals surface area contributed by atoms with E-state index in [0.717, 1.165) is 12.8 Å². The molecule has 6 heteroatoms. The summed E-state index contributed by atoms with van der Waals surface area (Å²) in [7, 11) is 0. The van der Waals surface area contributed by atoms with Crippen LogP contribution in [-0.4, -0.2) is 24.6 Å². The van der Waals surface area contributed by atoms with E-state index in [1.807, 2.05) is 18.2 Å². The van der Waals surface area contributed by atoms with Gasteiger partial charge in [-0.2, -0.15) is 0 Å². The standard InChI is InChI=1S/C20H16N4O2/c25-14-6-3-5-13(10-14)18-21-11-16-19(23-18)24(20(26)22-16)17-9-8-12-4-1-2-7-15(12)17/h1-7,10-11,17,25H,8-9H2,(H,22,26). The minimum atomic E-state index is -0.177. The van der Waals surface area contributed by atoms with E-state index in [9.17, 15) is 9.90 Å². The maximum absolute atomic E-state index is 12.6. The van der Waals surface area contributed by atoms with Crippen molar-refractivity contribution in [3.8, 4) is 17.1 Å². The summed E-state index contributed by atoms with van der Waals surface area (Å²) in [4.78, 5) is 24.5. The van der Waals surface area contributed by atoms with Crippen LogP contribution >= 0.6 is 0 Å². The molecular formula is C20H16N4O2. The quantitative estimate of drug-likeness (QED) is 0.585. The van der Waals surface area contributed by atoms with Crippen molar-refractivity contribution < 1.29 is 5.11 Å². The second-order valence-electron chi connectivity index (χ2n) is 6.53. The van der Waals surface area contributed by atoms with Gasteiger partial charge in [0.2, 0.25) is 0 Å². The first kappa shape index (κ1) is 14.9. The fourth-order valence-electron chi connectivity index (χ4n) is 3.79. The van der Waals surface area contributed by atoms with Crippen LogP contribution in [0.3, 0.4) is 0 Å². The zero-order valence-corrected chi connectivity index (χ0v) is 13.9. The minimum absolute atomic E-state index is 0.0284. The normalized spacial score (nSPS) is 16.1. The number of benzene rings is 2. The summed E-state index contributed by atoms with van der Waals surface area (Å²) in [6.45, 7) is 0. The predicted octanol–water partition coefficient (Wildman–Crippen LogP) is 3.03. The second kappa shape index (κ2) is 5.56. The molecular weight excluding hydrogens is 328 g/mol. The van der Waals surface area contributed by atoms with E-state index < -0.39 is 0 Å². The molecule has 2 aromatic carbocycles. The van der Waals surface area contributed by atoms with Crippen molar-refractivity contribution in [1.29, 1.82) is 0 Å². The van der Waals surface area contributed by atoms with Crippen molar-refractivity contribution >= 4 is 11.2 Å². The molecule has 2 N–H and O–H groups in total. The third-order valence-electron chi connectivity index (χ3n) is 4.97. The third kappa shape index (κ3) is 2.23. The Morgan fingerprint density at radius 2 is 2.04 bits per heavy atom. The van der Waals surface area contributed by atoms with E-state index in [-0.39, 0.29) is 17.5 Å². The number of aromatic hydroxyl groups is 1. The number of aromatic nitrogens is 4. The zero-order valence-electron chi connectivity index (χ0n) is 13.9. The second-order valence-corrected chi connectivity index (χ2v) is 6.53. The van der Waals surface area contributed by atoms with Gasteiger partial charge in [0.25, 0.3) is 0 Å². The first-order valence-corrected chi connectivity index (χ1v) is 8.55. The highest BCUT2D eigenvalue weighted by Crippen LogP contribution is 2.34. The van der Waals surface area contributed by atoms with Crippen LogP contribution in [0, 0.1) is 0 Å². The summed E-state index contributed by atoms with van der Waals surface area (Å²) in [6, 6.07) is 15.0. The average molecular weight is 344 g/mol. The highest BCUT2D eigenvalue weighted by molar-refractivity contribution is 5.73. The Kier molecular flexibility index (Phi) is 3.18. The van der Waals surface area contributed by atoms with Crippen LogP contribution in [-0.2, 0) is 6.42 Å². The molecule has 0 bridgehead atoms. The molecule has 0 amide bonds. The maximum atomic E-state index is 12.6. The molecule has 1 aliphatic rings. The highest BCUT2D eigenvalue weighted by atomic mass is 16.3. The molecule has 2 aromatic heterocycles. The molecule has 128 valence electrons. The Morgan fingerprint density at radius 3 is 2.92 bits per heavy atom. The van der Waals surface area contributed by atoms with E-state index in [2.05, 4.69) is 27.1 Å². The molecule has 2 heterocycles. The monoisotopic (exact) mass is 344 g/mol. The topological polar surface area (TPSA) is 83.8 Å². The van der Waals surface area contributed by atoms with Gasteiger partial charge in [0.1, 0.15) is 11.3 Å². The molecule has 0 saturated heterocycles. The van der Waals surface area contributed by atoms with E-state index in [4.69, 9.17) is 0 Å². The Hall–Kier alpha value is -3.41. The average Bonchev–Trinajstić information content (AvgIpc) is 3.21. The van der Waals surface area contributed by atoms with Crippen LogP contribution in [0.5, 0.6) is 5.75 Å². The number of phenols is 1. The SMILES string of the molecule is O=c1[nH]c2cnc(-c3cccc(O)c3)nc2n1C1CCc2ccccc21. The van der Waals surface area contributed by atoms with Crippen LogP contribution in [0.15, 0.2) is 59.5 Å². The fourth-order valence-corrected chi connectivity index (χ4v) is 3.79. The van der Waals surface area contributed by atoms with Gasteiger partial charge >= 0.3 is 5.69 Å². The fraction of sp³-hybridized carbons (Fsp3) is 0.150.